The summed E-state index contributed by atoms with van der Waals surface area (Å²) in [4.78, 5) is 4.32. The number of aromatic nitrogens is 1. The number of nitrogens with one attached hydrogen (secondary N) is 2. The van der Waals surface area contributed by atoms with Crippen molar-refractivity contribution in [2.24, 2.45) is 0 Å². The van der Waals surface area contributed by atoms with Crippen LogP contribution in [0.2, 0.25) is 0 Å². The molecule has 2 N–H and O–H groups in total. The average molecular weight is 311 g/mol. The Balaban J connectivity index is 2.13. The van der Waals surface area contributed by atoms with Crippen LogP contribution in [0.3, 0.4) is 0 Å². The zero-order valence-corrected chi connectivity index (χ0v) is 13.0. The van der Waals surface area contributed by atoms with Crippen LogP contribution in [0, 0.1) is 6.92 Å². The van der Waals surface area contributed by atoms with Crippen LogP contribution < -0.4 is 10.0 Å². The van der Waals surface area contributed by atoms with Gasteiger partial charge in [0.05, 0.1) is 10.6 Å². The first-order valence-corrected chi connectivity index (χ1v) is 8.66. The predicted octanol–water partition coefficient (Wildman–Crippen LogP) is 3.07. The molecule has 1 aromatic heterocycles. The third-order valence-electron chi connectivity index (χ3n) is 2.58. The molecule has 0 aliphatic heterocycles. The lowest BCUT2D eigenvalue weighted by atomic mass is 10.3. The van der Waals surface area contributed by atoms with Crippen molar-refractivity contribution in [1.82, 2.24) is 4.98 Å². The molecule has 2 aromatic rings. The largest absolute Gasteiger partial charge is 0.385 e. The number of nitrogens with zero attached hydrogens (tertiary/aromatic N) is 1. The van der Waals surface area contributed by atoms with Crippen LogP contribution in [-0.2, 0) is 10.0 Å². The minimum atomic E-state index is -3.57. The van der Waals surface area contributed by atoms with Crippen LogP contribution in [0.25, 0.3) is 0 Å². The van der Waals surface area contributed by atoms with Gasteiger partial charge in [-0.05, 0) is 37.6 Å². The van der Waals surface area contributed by atoms with Crippen LogP contribution in [-0.4, -0.2) is 19.9 Å². The summed E-state index contributed by atoms with van der Waals surface area (Å²) in [5.41, 5.74) is 1.71. The molecule has 0 aliphatic carbocycles. The first-order chi connectivity index (χ1) is 9.51. The van der Waals surface area contributed by atoms with Crippen LogP contribution in [0.15, 0.2) is 34.5 Å². The van der Waals surface area contributed by atoms with Crippen molar-refractivity contribution >= 4 is 32.2 Å². The van der Waals surface area contributed by atoms with E-state index in [0.29, 0.717) is 5.13 Å². The molecule has 1 aromatic carbocycles. The van der Waals surface area contributed by atoms with Gasteiger partial charge in [-0.25, -0.2) is 13.4 Å². The van der Waals surface area contributed by atoms with Gasteiger partial charge in [0.25, 0.3) is 10.0 Å². The second-order valence-electron chi connectivity index (χ2n) is 4.35. The van der Waals surface area contributed by atoms with Gasteiger partial charge in [0.1, 0.15) is 0 Å². The summed E-state index contributed by atoms with van der Waals surface area (Å²) in [7, 11) is -3.57. The van der Waals surface area contributed by atoms with Crippen LogP contribution in [0.5, 0.6) is 0 Å². The van der Waals surface area contributed by atoms with Gasteiger partial charge >= 0.3 is 0 Å². The van der Waals surface area contributed by atoms with Crippen molar-refractivity contribution in [2.45, 2.75) is 25.2 Å². The van der Waals surface area contributed by atoms with Crippen molar-refractivity contribution in [2.75, 3.05) is 16.6 Å². The second-order valence-corrected chi connectivity index (χ2v) is 6.89. The summed E-state index contributed by atoms with van der Waals surface area (Å²) in [6.07, 6.45) is 1.02. The molecule has 1 heterocycles. The molecule has 0 saturated heterocycles. The molecule has 5 nitrogen and oxygen atoms in total. The minimum absolute atomic E-state index is 0.229. The normalized spacial score (nSPS) is 11.3. The van der Waals surface area contributed by atoms with Gasteiger partial charge < -0.3 is 5.32 Å². The summed E-state index contributed by atoms with van der Waals surface area (Å²) in [5, 5.41) is 5.39. The average Bonchev–Trinajstić information content (AvgIpc) is 2.81. The van der Waals surface area contributed by atoms with Gasteiger partial charge in [-0.3, -0.25) is 4.72 Å². The molecule has 0 unspecified atom stereocenters. The first-order valence-electron chi connectivity index (χ1n) is 6.30. The first kappa shape index (κ1) is 14.8. The Labute approximate surface area is 123 Å². The van der Waals surface area contributed by atoms with Crippen molar-refractivity contribution in [3.8, 4) is 0 Å². The summed E-state index contributed by atoms with van der Waals surface area (Å²) in [6.45, 7) is 4.76. The molecule has 20 heavy (non-hydrogen) atoms. The lowest BCUT2D eigenvalue weighted by Crippen LogP contribution is -2.12. The molecule has 0 radical (unpaired) electrons. The fourth-order valence-corrected chi connectivity index (χ4v) is 3.54. The molecule has 0 atom stereocenters. The quantitative estimate of drug-likeness (QED) is 0.860. The van der Waals surface area contributed by atoms with Crippen LogP contribution >= 0.6 is 11.3 Å². The molecular weight excluding hydrogens is 294 g/mol. The van der Waals surface area contributed by atoms with Crippen molar-refractivity contribution in [3.63, 3.8) is 0 Å². The van der Waals surface area contributed by atoms with Gasteiger partial charge in [0.15, 0.2) is 5.13 Å². The number of sulfonamides is 1. The standard InChI is InChI=1S/C13H17N3O2S2/c1-3-8-14-11-4-6-12(7-5-11)20(17,18)16-13-15-10(2)9-19-13/h4-7,9,14H,3,8H2,1-2H3,(H,15,16). The SMILES string of the molecule is CCCNc1ccc(S(=O)(=O)Nc2nc(C)cs2)cc1. The molecule has 0 saturated carbocycles. The van der Waals surface area contributed by atoms with Crippen molar-refractivity contribution < 1.29 is 8.42 Å². The Kier molecular flexibility index (Phi) is 4.61. The van der Waals surface area contributed by atoms with Gasteiger partial charge in [0, 0.05) is 17.6 Å². The van der Waals surface area contributed by atoms with E-state index >= 15 is 0 Å². The Morgan fingerprint density at radius 2 is 1.95 bits per heavy atom. The van der Waals surface area contributed by atoms with E-state index in [4.69, 9.17) is 0 Å². The summed E-state index contributed by atoms with van der Waals surface area (Å²) in [5.74, 6) is 0. The number of aryl methyl sites for hydroxylation is 1. The third kappa shape index (κ3) is 3.71. The highest BCUT2D eigenvalue weighted by Gasteiger charge is 2.15. The van der Waals surface area contributed by atoms with Crippen molar-refractivity contribution in [3.05, 3.63) is 35.3 Å². The number of anilines is 2. The van der Waals surface area contributed by atoms with E-state index in [1.165, 1.54) is 11.3 Å². The van der Waals surface area contributed by atoms with E-state index in [9.17, 15) is 8.42 Å². The fraction of sp³-hybridized carbons (Fsp3) is 0.308. The van der Waals surface area contributed by atoms with Gasteiger partial charge in [-0.15, -0.1) is 11.3 Å². The smallest absolute Gasteiger partial charge is 0.263 e. The van der Waals surface area contributed by atoms with E-state index in [2.05, 4.69) is 21.9 Å². The zero-order chi connectivity index (χ0) is 14.6. The lowest BCUT2D eigenvalue weighted by molar-refractivity contribution is 0.601. The Morgan fingerprint density at radius 3 is 2.50 bits per heavy atom. The monoisotopic (exact) mass is 311 g/mol. The zero-order valence-electron chi connectivity index (χ0n) is 11.4. The van der Waals surface area contributed by atoms with Gasteiger partial charge in [-0.2, -0.15) is 0 Å². The lowest BCUT2D eigenvalue weighted by Gasteiger charge is -2.07. The Bertz CT molecular complexity index is 663. The molecule has 2 rings (SSSR count). The highest BCUT2D eigenvalue weighted by molar-refractivity contribution is 7.93. The summed E-state index contributed by atoms with van der Waals surface area (Å²) >= 11 is 1.27. The number of rotatable bonds is 6. The molecular formula is C13H17N3O2S2. The molecule has 0 fully saturated rings. The number of benzene rings is 1. The molecule has 7 heteroatoms. The van der Waals surface area contributed by atoms with E-state index < -0.39 is 10.0 Å². The van der Waals surface area contributed by atoms with E-state index in [1.54, 1.807) is 29.6 Å². The van der Waals surface area contributed by atoms with Gasteiger partial charge in [-0.1, -0.05) is 6.92 Å². The Morgan fingerprint density at radius 1 is 1.25 bits per heavy atom. The topological polar surface area (TPSA) is 71.1 Å². The van der Waals surface area contributed by atoms with E-state index in [1.807, 2.05) is 6.92 Å². The number of hydrogen-bond acceptors (Lipinski definition) is 5. The van der Waals surface area contributed by atoms with Crippen LogP contribution in [0.1, 0.15) is 19.0 Å². The molecule has 0 amide bonds. The van der Waals surface area contributed by atoms with Crippen molar-refractivity contribution in [1.29, 1.82) is 0 Å². The summed E-state index contributed by atoms with van der Waals surface area (Å²) < 4.78 is 26.8. The highest BCUT2D eigenvalue weighted by Crippen LogP contribution is 2.20. The number of hydrogen-bond donors (Lipinski definition) is 2. The fourth-order valence-electron chi connectivity index (χ4n) is 1.60. The van der Waals surface area contributed by atoms with E-state index in [-0.39, 0.29) is 4.90 Å². The molecule has 0 bridgehead atoms. The highest BCUT2D eigenvalue weighted by atomic mass is 32.2. The maximum atomic E-state index is 12.2. The maximum absolute atomic E-state index is 12.2. The number of thiazole rings is 1. The molecule has 108 valence electrons. The van der Waals surface area contributed by atoms with Gasteiger partial charge in [0.2, 0.25) is 0 Å². The Hall–Kier alpha value is -1.60. The van der Waals surface area contributed by atoms with Crippen LogP contribution in [0.4, 0.5) is 10.8 Å². The third-order valence-corrected chi connectivity index (χ3v) is 4.94. The second kappa shape index (κ2) is 6.23. The maximum Gasteiger partial charge on any atom is 0.263 e. The molecule has 0 aliphatic rings. The molecule has 0 spiro atoms. The minimum Gasteiger partial charge on any atom is -0.385 e. The predicted molar refractivity (Wildman–Crippen MR) is 82.9 cm³/mol. The summed E-state index contributed by atoms with van der Waals surface area (Å²) in [6, 6.07) is 6.69. The van der Waals surface area contributed by atoms with E-state index in [0.717, 1.165) is 24.3 Å².